The number of rotatable bonds is 5. The maximum absolute atomic E-state index is 12.0. The van der Waals surface area contributed by atoms with Crippen LogP contribution < -0.4 is 5.32 Å². The maximum Gasteiger partial charge on any atom is 0.389 e. The molecule has 1 aromatic rings. The molecule has 0 fully saturated rings. The molecule has 1 heterocycles. The number of unbranched alkanes of at least 4 members (excludes halogenated alkanes) is 1. The van der Waals surface area contributed by atoms with E-state index in [1.807, 2.05) is 6.92 Å². The summed E-state index contributed by atoms with van der Waals surface area (Å²) >= 11 is 0. The number of halogens is 3. The lowest BCUT2D eigenvalue weighted by Gasteiger charge is -2.19. The van der Waals surface area contributed by atoms with Gasteiger partial charge in [0, 0.05) is 24.2 Å². The van der Waals surface area contributed by atoms with Crippen LogP contribution in [0.15, 0.2) is 0 Å². The third-order valence-electron chi connectivity index (χ3n) is 3.47. The Labute approximate surface area is 117 Å². The van der Waals surface area contributed by atoms with Crippen LogP contribution in [0.2, 0.25) is 0 Å². The van der Waals surface area contributed by atoms with Crippen molar-refractivity contribution in [3.63, 3.8) is 0 Å². The van der Waals surface area contributed by atoms with E-state index in [-0.39, 0.29) is 6.42 Å². The van der Waals surface area contributed by atoms with Crippen LogP contribution in [0.3, 0.4) is 0 Å². The molecule has 1 N–H and O–H groups in total. The van der Waals surface area contributed by atoms with E-state index < -0.39 is 12.6 Å². The normalized spacial score (nSPS) is 15.0. The zero-order valence-corrected chi connectivity index (χ0v) is 11.7. The molecule has 0 atom stereocenters. The zero-order valence-electron chi connectivity index (χ0n) is 11.7. The summed E-state index contributed by atoms with van der Waals surface area (Å²) in [5.41, 5.74) is 2.25. The van der Waals surface area contributed by atoms with Gasteiger partial charge in [0.2, 0.25) is 0 Å². The second-order valence-electron chi connectivity index (χ2n) is 5.25. The van der Waals surface area contributed by atoms with Crippen molar-refractivity contribution in [2.24, 2.45) is 0 Å². The highest BCUT2D eigenvalue weighted by Crippen LogP contribution is 2.26. The Hall–Kier alpha value is -1.33. The Kier molecular flexibility index (Phi) is 4.83. The summed E-state index contributed by atoms with van der Waals surface area (Å²) in [4.78, 5) is 8.84. The van der Waals surface area contributed by atoms with E-state index in [4.69, 9.17) is 0 Å². The predicted octanol–water partition coefficient (Wildman–Crippen LogP) is 3.81. The maximum atomic E-state index is 12.0. The van der Waals surface area contributed by atoms with E-state index in [1.54, 1.807) is 0 Å². The number of hydrogen-bond acceptors (Lipinski definition) is 3. The van der Waals surface area contributed by atoms with Gasteiger partial charge in [-0.2, -0.15) is 13.2 Å². The van der Waals surface area contributed by atoms with E-state index in [0.717, 1.165) is 48.6 Å². The van der Waals surface area contributed by atoms with Crippen molar-refractivity contribution in [3.8, 4) is 0 Å². The van der Waals surface area contributed by atoms with Gasteiger partial charge in [0.25, 0.3) is 0 Å². The quantitative estimate of drug-likeness (QED) is 0.837. The van der Waals surface area contributed by atoms with Crippen LogP contribution in [-0.2, 0) is 12.8 Å². The molecule has 0 aromatic carbocycles. The smallest absolute Gasteiger partial charge is 0.370 e. The van der Waals surface area contributed by atoms with Gasteiger partial charge in [-0.3, -0.25) is 0 Å². The van der Waals surface area contributed by atoms with Gasteiger partial charge < -0.3 is 5.32 Å². The zero-order chi connectivity index (χ0) is 14.6. The van der Waals surface area contributed by atoms with Crippen molar-refractivity contribution in [1.29, 1.82) is 0 Å². The lowest BCUT2D eigenvalue weighted by molar-refractivity contribution is -0.135. The number of fused-ring (bicyclic) bond motifs is 1. The fraction of sp³-hybridized carbons (Fsp3) is 0.714. The monoisotopic (exact) mass is 287 g/mol. The first kappa shape index (κ1) is 15.1. The minimum absolute atomic E-state index is 0.156. The summed E-state index contributed by atoms with van der Waals surface area (Å²) < 4.78 is 36.1. The minimum Gasteiger partial charge on any atom is -0.370 e. The van der Waals surface area contributed by atoms with E-state index in [2.05, 4.69) is 15.3 Å². The number of nitrogens with zero attached hydrogens (tertiary/aromatic N) is 2. The molecular weight excluding hydrogens is 267 g/mol. The van der Waals surface area contributed by atoms with Gasteiger partial charge in [-0.1, -0.05) is 0 Å². The first-order chi connectivity index (χ1) is 9.46. The standard InChI is InChI=1S/C14H20F3N3/c1-10-19-12-7-3-2-6-11(12)13(20-10)18-9-5-4-8-14(15,16)17/h2-9H2,1H3,(H,18,19,20). The van der Waals surface area contributed by atoms with Gasteiger partial charge in [0.05, 0.1) is 0 Å². The van der Waals surface area contributed by atoms with E-state index in [9.17, 15) is 13.2 Å². The second-order valence-corrected chi connectivity index (χ2v) is 5.25. The number of hydrogen-bond donors (Lipinski definition) is 1. The lowest BCUT2D eigenvalue weighted by atomic mass is 9.96. The summed E-state index contributed by atoms with van der Waals surface area (Å²) in [5, 5.41) is 3.18. The molecule has 0 saturated heterocycles. The molecule has 20 heavy (non-hydrogen) atoms. The summed E-state index contributed by atoms with van der Waals surface area (Å²) in [6.07, 6.45) is 0.0962. The molecule has 3 nitrogen and oxygen atoms in total. The molecule has 0 saturated carbocycles. The highest BCUT2D eigenvalue weighted by Gasteiger charge is 2.25. The molecule has 1 aliphatic carbocycles. The third-order valence-corrected chi connectivity index (χ3v) is 3.47. The number of anilines is 1. The predicted molar refractivity (Wildman–Crippen MR) is 71.8 cm³/mol. The van der Waals surface area contributed by atoms with Gasteiger partial charge in [-0.25, -0.2) is 9.97 Å². The summed E-state index contributed by atoms with van der Waals surface area (Å²) in [7, 11) is 0. The van der Waals surface area contributed by atoms with Gasteiger partial charge in [-0.05, 0) is 45.4 Å². The molecule has 1 aromatic heterocycles. The average molecular weight is 287 g/mol. The molecule has 112 valence electrons. The number of aromatic nitrogens is 2. The Morgan fingerprint density at radius 1 is 1.10 bits per heavy atom. The van der Waals surface area contributed by atoms with Crippen LogP contribution in [0.25, 0.3) is 0 Å². The van der Waals surface area contributed by atoms with Crippen molar-refractivity contribution in [3.05, 3.63) is 17.1 Å². The van der Waals surface area contributed by atoms with Crippen molar-refractivity contribution >= 4 is 5.82 Å². The largest absolute Gasteiger partial charge is 0.389 e. The first-order valence-electron chi connectivity index (χ1n) is 7.13. The Bertz CT molecular complexity index is 458. The Morgan fingerprint density at radius 3 is 2.60 bits per heavy atom. The van der Waals surface area contributed by atoms with Crippen LogP contribution in [-0.4, -0.2) is 22.7 Å². The number of aryl methyl sites for hydroxylation is 2. The van der Waals surface area contributed by atoms with Crippen molar-refractivity contribution in [1.82, 2.24) is 9.97 Å². The molecule has 2 rings (SSSR count). The fourth-order valence-corrected chi connectivity index (χ4v) is 2.52. The average Bonchev–Trinajstić information content (AvgIpc) is 2.36. The fourth-order valence-electron chi connectivity index (χ4n) is 2.52. The third kappa shape index (κ3) is 4.35. The lowest BCUT2D eigenvalue weighted by Crippen LogP contribution is -2.15. The summed E-state index contributed by atoms with van der Waals surface area (Å²) in [5.74, 6) is 1.54. The molecule has 0 amide bonds. The second kappa shape index (κ2) is 6.41. The highest BCUT2D eigenvalue weighted by molar-refractivity contribution is 5.47. The summed E-state index contributed by atoms with van der Waals surface area (Å²) in [6.45, 7) is 2.38. The first-order valence-corrected chi connectivity index (χ1v) is 7.13. The summed E-state index contributed by atoms with van der Waals surface area (Å²) in [6, 6.07) is 0. The number of nitrogens with one attached hydrogen (secondary N) is 1. The molecule has 0 bridgehead atoms. The van der Waals surface area contributed by atoms with Gasteiger partial charge >= 0.3 is 6.18 Å². The molecule has 0 unspecified atom stereocenters. The van der Waals surface area contributed by atoms with Crippen LogP contribution >= 0.6 is 0 Å². The highest BCUT2D eigenvalue weighted by atomic mass is 19.4. The van der Waals surface area contributed by atoms with Gasteiger partial charge in [0.15, 0.2) is 0 Å². The SMILES string of the molecule is Cc1nc2c(c(NCCCCC(F)(F)F)n1)CCCC2. The van der Waals surface area contributed by atoms with Crippen LogP contribution in [0.5, 0.6) is 0 Å². The molecular formula is C14H20F3N3. The molecule has 0 aliphatic heterocycles. The van der Waals surface area contributed by atoms with Crippen molar-refractivity contribution in [2.45, 2.75) is 58.0 Å². The van der Waals surface area contributed by atoms with E-state index in [1.165, 1.54) is 0 Å². The molecule has 1 aliphatic rings. The topological polar surface area (TPSA) is 37.8 Å². The van der Waals surface area contributed by atoms with Crippen LogP contribution in [0.1, 0.15) is 49.2 Å². The molecule has 0 spiro atoms. The van der Waals surface area contributed by atoms with E-state index >= 15 is 0 Å². The Morgan fingerprint density at radius 2 is 1.85 bits per heavy atom. The van der Waals surface area contributed by atoms with Gasteiger partial charge in [0.1, 0.15) is 11.6 Å². The van der Waals surface area contributed by atoms with Crippen molar-refractivity contribution in [2.75, 3.05) is 11.9 Å². The van der Waals surface area contributed by atoms with Crippen LogP contribution in [0, 0.1) is 6.92 Å². The molecule has 6 heteroatoms. The van der Waals surface area contributed by atoms with Gasteiger partial charge in [-0.15, -0.1) is 0 Å². The Balaban J connectivity index is 1.88. The van der Waals surface area contributed by atoms with Crippen LogP contribution in [0.4, 0.5) is 19.0 Å². The van der Waals surface area contributed by atoms with Crippen molar-refractivity contribution < 1.29 is 13.2 Å². The van der Waals surface area contributed by atoms with E-state index in [0.29, 0.717) is 13.0 Å². The minimum atomic E-state index is -4.05. The molecule has 0 radical (unpaired) electrons. The number of alkyl halides is 3.